The minimum atomic E-state index is 0.816. The number of rotatable bonds is 5. The molecule has 2 rings (SSSR count). The average molecular weight is 233 g/mol. The van der Waals surface area contributed by atoms with Crippen LogP contribution in [0, 0.1) is 5.92 Å². The fourth-order valence-electron chi connectivity index (χ4n) is 2.55. The van der Waals surface area contributed by atoms with Gasteiger partial charge in [0.15, 0.2) is 0 Å². The van der Waals surface area contributed by atoms with E-state index in [4.69, 9.17) is 4.74 Å². The Bertz CT molecular complexity index is 331. The fourth-order valence-corrected chi connectivity index (χ4v) is 2.55. The van der Waals surface area contributed by atoms with Gasteiger partial charge in [-0.25, -0.2) is 0 Å². The van der Waals surface area contributed by atoms with Crippen LogP contribution in [0.15, 0.2) is 24.3 Å². The summed E-state index contributed by atoms with van der Waals surface area (Å²) in [6.45, 7) is 3.19. The van der Waals surface area contributed by atoms with E-state index in [1.54, 1.807) is 7.11 Å². The zero-order valence-electron chi connectivity index (χ0n) is 10.7. The Kier molecular flexibility index (Phi) is 5.02. The summed E-state index contributed by atoms with van der Waals surface area (Å²) in [6, 6.07) is 8.99. The maximum absolute atomic E-state index is 5.13. The van der Waals surface area contributed by atoms with Gasteiger partial charge >= 0.3 is 0 Å². The molecule has 0 aromatic heterocycles. The molecule has 0 aliphatic carbocycles. The van der Waals surface area contributed by atoms with Gasteiger partial charge in [-0.2, -0.15) is 0 Å². The normalized spacial score (nSPS) is 17.2. The van der Waals surface area contributed by atoms with Crippen molar-refractivity contribution in [2.75, 3.05) is 26.8 Å². The van der Waals surface area contributed by atoms with E-state index in [0.717, 1.165) is 18.9 Å². The summed E-state index contributed by atoms with van der Waals surface area (Å²) in [7, 11) is 1.76. The lowest BCUT2D eigenvalue weighted by Crippen LogP contribution is -2.28. The molecule has 17 heavy (non-hydrogen) atoms. The van der Waals surface area contributed by atoms with E-state index in [2.05, 4.69) is 29.6 Å². The van der Waals surface area contributed by atoms with Crippen molar-refractivity contribution in [3.63, 3.8) is 0 Å². The molecule has 0 amide bonds. The van der Waals surface area contributed by atoms with Gasteiger partial charge in [0.25, 0.3) is 0 Å². The predicted molar refractivity (Wildman–Crippen MR) is 71.3 cm³/mol. The highest BCUT2D eigenvalue weighted by Crippen LogP contribution is 2.18. The van der Waals surface area contributed by atoms with Gasteiger partial charge in [-0.05, 0) is 55.8 Å². The molecule has 2 nitrogen and oxygen atoms in total. The third-order valence-electron chi connectivity index (χ3n) is 3.57. The third-order valence-corrected chi connectivity index (χ3v) is 3.57. The van der Waals surface area contributed by atoms with E-state index in [9.17, 15) is 0 Å². The molecule has 0 unspecified atom stereocenters. The molecule has 0 radical (unpaired) electrons. The Hall–Kier alpha value is -0.860. The largest absolute Gasteiger partial charge is 0.384 e. The maximum atomic E-state index is 5.13. The molecule has 1 heterocycles. The van der Waals surface area contributed by atoms with E-state index in [1.165, 1.54) is 43.5 Å². The third kappa shape index (κ3) is 4.14. The van der Waals surface area contributed by atoms with Crippen LogP contribution in [0.1, 0.15) is 24.0 Å². The van der Waals surface area contributed by atoms with Crippen molar-refractivity contribution >= 4 is 0 Å². The SMILES string of the molecule is COCCc1cccc(CC2CCNCC2)c1. The molecule has 1 aromatic rings. The van der Waals surface area contributed by atoms with Crippen molar-refractivity contribution in [2.24, 2.45) is 5.92 Å². The van der Waals surface area contributed by atoms with Crippen molar-refractivity contribution < 1.29 is 4.74 Å². The number of benzene rings is 1. The highest BCUT2D eigenvalue weighted by atomic mass is 16.5. The first-order valence-corrected chi connectivity index (χ1v) is 6.66. The molecule has 0 saturated carbocycles. The van der Waals surface area contributed by atoms with Crippen LogP contribution >= 0.6 is 0 Å². The lowest BCUT2D eigenvalue weighted by molar-refractivity contribution is 0.202. The summed E-state index contributed by atoms with van der Waals surface area (Å²) in [6.07, 6.45) is 4.91. The van der Waals surface area contributed by atoms with Crippen LogP contribution in [0.5, 0.6) is 0 Å². The van der Waals surface area contributed by atoms with Gasteiger partial charge in [0.1, 0.15) is 0 Å². The van der Waals surface area contributed by atoms with Gasteiger partial charge in [-0.15, -0.1) is 0 Å². The summed E-state index contributed by atoms with van der Waals surface area (Å²) in [5.74, 6) is 0.869. The van der Waals surface area contributed by atoms with Crippen LogP contribution in [0.3, 0.4) is 0 Å². The van der Waals surface area contributed by atoms with Gasteiger partial charge in [0.05, 0.1) is 6.61 Å². The fraction of sp³-hybridized carbons (Fsp3) is 0.600. The molecule has 2 heteroatoms. The Balaban J connectivity index is 1.90. The maximum Gasteiger partial charge on any atom is 0.0502 e. The second kappa shape index (κ2) is 6.77. The molecule has 1 N–H and O–H groups in total. The molecular weight excluding hydrogens is 210 g/mol. The monoisotopic (exact) mass is 233 g/mol. The average Bonchev–Trinajstić information content (AvgIpc) is 2.38. The Morgan fingerprint density at radius 2 is 2.00 bits per heavy atom. The Labute approximate surface area is 104 Å². The van der Waals surface area contributed by atoms with Crippen LogP contribution in [-0.4, -0.2) is 26.8 Å². The second-order valence-corrected chi connectivity index (χ2v) is 4.96. The number of hydrogen-bond donors (Lipinski definition) is 1. The van der Waals surface area contributed by atoms with Crippen LogP contribution < -0.4 is 5.32 Å². The number of ether oxygens (including phenoxy) is 1. The van der Waals surface area contributed by atoms with E-state index in [0.29, 0.717) is 0 Å². The first kappa shape index (κ1) is 12.6. The Morgan fingerprint density at radius 1 is 1.24 bits per heavy atom. The van der Waals surface area contributed by atoms with Crippen LogP contribution in [0.25, 0.3) is 0 Å². The quantitative estimate of drug-likeness (QED) is 0.843. The lowest BCUT2D eigenvalue weighted by Gasteiger charge is -2.22. The molecule has 1 aliphatic heterocycles. The van der Waals surface area contributed by atoms with E-state index in [1.807, 2.05) is 0 Å². The minimum Gasteiger partial charge on any atom is -0.384 e. The Morgan fingerprint density at radius 3 is 2.76 bits per heavy atom. The van der Waals surface area contributed by atoms with Crippen molar-refractivity contribution in [3.8, 4) is 0 Å². The lowest BCUT2D eigenvalue weighted by atomic mass is 9.90. The first-order valence-electron chi connectivity index (χ1n) is 6.66. The zero-order valence-corrected chi connectivity index (χ0v) is 10.7. The standard InChI is InChI=1S/C15H23NO/c1-17-10-7-13-3-2-4-15(11-13)12-14-5-8-16-9-6-14/h2-4,11,14,16H,5-10,12H2,1H3. The van der Waals surface area contributed by atoms with Gasteiger partial charge in [0, 0.05) is 7.11 Å². The molecule has 1 aliphatic rings. The zero-order chi connectivity index (χ0) is 11.9. The summed E-state index contributed by atoms with van der Waals surface area (Å²) >= 11 is 0. The molecule has 0 atom stereocenters. The highest BCUT2D eigenvalue weighted by Gasteiger charge is 2.13. The topological polar surface area (TPSA) is 21.3 Å². The van der Waals surface area contributed by atoms with Gasteiger partial charge in [-0.3, -0.25) is 0 Å². The van der Waals surface area contributed by atoms with Crippen molar-refractivity contribution in [1.29, 1.82) is 0 Å². The molecule has 0 bridgehead atoms. The number of piperidine rings is 1. The van der Waals surface area contributed by atoms with Crippen LogP contribution in [-0.2, 0) is 17.6 Å². The molecule has 1 saturated heterocycles. The van der Waals surface area contributed by atoms with Gasteiger partial charge in [-0.1, -0.05) is 24.3 Å². The van der Waals surface area contributed by atoms with Gasteiger partial charge in [0.2, 0.25) is 0 Å². The molecule has 1 fully saturated rings. The first-order chi connectivity index (χ1) is 8.38. The van der Waals surface area contributed by atoms with Crippen molar-refractivity contribution in [3.05, 3.63) is 35.4 Å². The summed E-state index contributed by atoms with van der Waals surface area (Å²) < 4.78 is 5.13. The summed E-state index contributed by atoms with van der Waals surface area (Å²) in [4.78, 5) is 0. The summed E-state index contributed by atoms with van der Waals surface area (Å²) in [5, 5.41) is 3.42. The summed E-state index contributed by atoms with van der Waals surface area (Å²) in [5.41, 5.74) is 2.89. The molecule has 94 valence electrons. The smallest absolute Gasteiger partial charge is 0.0502 e. The molecule has 0 spiro atoms. The molecular formula is C15H23NO. The van der Waals surface area contributed by atoms with Crippen molar-refractivity contribution in [1.82, 2.24) is 5.32 Å². The van der Waals surface area contributed by atoms with Crippen molar-refractivity contribution in [2.45, 2.75) is 25.7 Å². The minimum absolute atomic E-state index is 0.816. The van der Waals surface area contributed by atoms with Crippen LogP contribution in [0.4, 0.5) is 0 Å². The number of methoxy groups -OCH3 is 1. The number of nitrogens with one attached hydrogen (secondary N) is 1. The van der Waals surface area contributed by atoms with E-state index in [-0.39, 0.29) is 0 Å². The highest BCUT2D eigenvalue weighted by molar-refractivity contribution is 5.24. The van der Waals surface area contributed by atoms with E-state index < -0.39 is 0 Å². The molecule has 1 aromatic carbocycles. The van der Waals surface area contributed by atoms with Gasteiger partial charge < -0.3 is 10.1 Å². The predicted octanol–water partition coefficient (Wildman–Crippen LogP) is 2.42. The number of hydrogen-bond acceptors (Lipinski definition) is 2. The van der Waals surface area contributed by atoms with Crippen LogP contribution in [0.2, 0.25) is 0 Å². The second-order valence-electron chi connectivity index (χ2n) is 4.96. The van der Waals surface area contributed by atoms with E-state index >= 15 is 0 Å².